The van der Waals surface area contributed by atoms with Crippen LogP contribution in [-0.4, -0.2) is 36.5 Å². The number of hydrogen-bond acceptors (Lipinski definition) is 4. The SMILES string of the molecule is CCCc1c(C(=O)N2CCCC(C(=O)OCC)C2)sc2ccccc12. The van der Waals surface area contributed by atoms with Gasteiger partial charge in [0.2, 0.25) is 0 Å². The summed E-state index contributed by atoms with van der Waals surface area (Å²) >= 11 is 1.58. The van der Waals surface area contributed by atoms with Gasteiger partial charge in [0.25, 0.3) is 5.91 Å². The highest BCUT2D eigenvalue weighted by Crippen LogP contribution is 2.34. The number of piperidine rings is 1. The summed E-state index contributed by atoms with van der Waals surface area (Å²) in [7, 11) is 0. The summed E-state index contributed by atoms with van der Waals surface area (Å²) in [6.45, 7) is 5.53. The zero-order valence-electron chi connectivity index (χ0n) is 14.9. The summed E-state index contributed by atoms with van der Waals surface area (Å²) in [6.07, 6.45) is 3.56. The number of rotatable bonds is 5. The molecule has 1 aromatic heterocycles. The monoisotopic (exact) mass is 359 g/mol. The lowest BCUT2D eigenvalue weighted by Gasteiger charge is -2.31. The molecular formula is C20H25NO3S. The van der Waals surface area contributed by atoms with Gasteiger partial charge in [0.1, 0.15) is 0 Å². The first-order chi connectivity index (χ1) is 12.2. The number of amides is 1. The van der Waals surface area contributed by atoms with Gasteiger partial charge in [0.05, 0.1) is 17.4 Å². The fraction of sp³-hybridized carbons (Fsp3) is 0.500. The van der Waals surface area contributed by atoms with Gasteiger partial charge in [0.15, 0.2) is 0 Å². The largest absolute Gasteiger partial charge is 0.466 e. The molecule has 1 aliphatic rings. The fourth-order valence-corrected chi connectivity index (χ4v) is 4.75. The molecule has 0 aliphatic carbocycles. The van der Waals surface area contributed by atoms with Gasteiger partial charge in [-0.1, -0.05) is 31.5 Å². The smallest absolute Gasteiger partial charge is 0.310 e. The topological polar surface area (TPSA) is 46.6 Å². The molecule has 1 saturated heterocycles. The van der Waals surface area contributed by atoms with Crippen LogP contribution in [0.4, 0.5) is 0 Å². The molecule has 1 aromatic carbocycles. The normalized spacial score (nSPS) is 17.7. The molecule has 1 aliphatic heterocycles. The van der Waals surface area contributed by atoms with Crippen LogP contribution in [0.25, 0.3) is 10.1 Å². The Kier molecular flexibility index (Phi) is 5.74. The summed E-state index contributed by atoms with van der Waals surface area (Å²) in [5.74, 6) is -0.301. The van der Waals surface area contributed by atoms with Crippen molar-refractivity contribution < 1.29 is 14.3 Å². The maximum absolute atomic E-state index is 13.2. The Bertz CT molecular complexity index is 767. The number of fused-ring (bicyclic) bond motifs is 1. The van der Waals surface area contributed by atoms with E-state index < -0.39 is 0 Å². The first-order valence-corrected chi connectivity index (χ1v) is 9.93. The maximum atomic E-state index is 13.2. The molecule has 134 valence electrons. The van der Waals surface area contributed by atoms with Gasteiger partial charge in [0, 0.05) is 17.8 Å². The summed E-state index contributed by atoms with van der Waals surface area (Å²) in [4.78, 5) is 27.9. The van der Waals surface area contributed by atoms with E-state index in [0.717, 1.165) is 40.8 Å². The van der Waals surface area contributed by atoms with E-state index >= 15 is 0 Å². The highest BCUT2D eigenvalue weighted by Gasteiger charge is 2.31. The van der Waals surface area contributed by atoms with Crippen molar-refractivity contribution in [2.45, 2.75) is 39.5 Å². The number of likely N-dealkylation sites (tertiary alicyclic amines) is 1. The number of hydrogen-bond donors (Lipinski definition) is 0. The number of carbonyl (C=O) groups excluding carboxylic acids is 2. The molecule has 0 saturated carbocycles. The Morgan fingerprint density at radius 2 is 2.08 bits per heavy atom. The number of benzene rings is 1. The molecule has 0 radical (unpaired) electrons. The van der Waals surface area contributed by atoms with Crippen molar-refractivity contribution in [3.63, 3.8) is 0 Å². The second kappa shape index (κ2) is 8.00. The molecule has 1 fully saturated rings. The molecule has 0 bridgehead atoms. The van der Waals surface area contributed by atoms with E-state index in [1.807, 2.05) is 24.0 Å². The lowest BCUT2D eigenvalue weighted by Crippen LogP contribution is -2.42. The quantitative estimate of drug-likeness (QED) is 0.749. The number of aryl methyl sites for hydroxylation is 1. The minimum absolute atomic E-state index is 0.0682. The third-order valence-corrected chi connectivity index (χ3v) is 5.92. The Morgan fingerprint density at radius 3 is 2.84 bits per heavy atom. The van der Waals surface area contributed by atoms with Crippen LogP contribution in [0.3, 0.4) is 0 Å². The van der Waals surface area contributed by atoms with Crippen LogP contribution >= 0.6 is 11.3 Å². The highest BCUT2D eigenvalue weighted by atomic mass is 32.1. The molecule has 3 rings (SSSR count). The van der Waals surface area contributed by atoms with E-state index in [-0.39, 0.29) is 17.8 Å². The predicted molar refractivity (Wildman–Crippen MR) is 101 cm³/mol. The zero-order valence-corrected chi connectivity index (χ0v) is 15.7. The second-order valence-electron chi connectivity index (χ2n) is 6.50. The fourth-order valence-electron chi connectivity index (χ4n) is 3.53. The molecule has 2 aromatic rings. The van der Waals surface area contributed by atoms with E-state index in [1.165, 1.54) is 5.39 Å². The van der Waals surface area contributed by atoms with E-state index in [4.69, 9.17) is 4.74 Å². The van der Waals surface area contributed by atoms with Gasteiger partial charge in [-0.05, 0) is 43.2 Å². The van der Waals surface area contributed by atoms with Crippen LogP contribution in [0.15, 0.2) is 24.3 Å². The van der Waals surface area contributed by atoms with Gasteiger partial charge in [-0.25, -0.2) is 0 Å². The molecule has 0 spiro atoms. The Hall–Kier alpha value is -1.88. The van der Waals surface area contributed by atoms with Crippen LogP contribution in [0, 0.1) is 5.92 Å². The van der Waals surface area contributed by atoms with Crippen molar-refractivity contribution in [2.24, 2.45) is 5.92 Å². The van der Waals surface area contributed by atoms with Gasteiger partial charge >= 0.3 is 5.97 Å². The van der Waals surface area contributed by atoms with E-state index in [0.29, 0.717) is 19.7 Å². The van der Waals surface area contributed by atoms with Crippen molar-refractivity contribution in [2.75, 3.05) is 19.7 Å². The lowest BCUT2D eigenvalue weighted by molar-refractivity contribution is -0.149. The maximum Gasteiger partial charge on any atom is 0.310 e. The number of nitrogens with zero attached hydrogens (tertiary/aromatic N) is 1. The minimum Gasteiger partial charge on any atom is -0.466 e. The van der Waals surface area contributed by atoms with Crippen molar-refractivity contribution in [1.29, 1.82) is 0 Å². The number of thiophene rings is 1. The summed E-state index contributed by atoms with van der Waals surface area (Å²) in [6, 6.07) is 8.22. The Balaban J connectivity index is 1.86. The van der Waals surface area contributed by atoms with E-state index in [9.17, 15) is 9.59 Å². The summed E-state index contributed by atoms with van der Waals surface area (Å²) in [5.41, 5.74) is 1.16. The van der Waals surface area contributed by atoms with Crippen molar-refractivity contribution in [3.05, 3.63) is 34.7 Å². The lowest BCUT2D eigenvalue weighted by atomic mass is 9.97. The van der Waals surface area contributed by atoms with Crippen LogP contribution < -0.4 is 0 Å². The third-order valence-electron chi connectivity index (χ3n) is 4.72. The molecule has 1 unspecified atom stereocenters. The minimum atomic E-state index is -0.193. The number of carbonyl (C=O) groups is 2. The van der Waals surface area contributed by atoms with Crippen LogP contribution in [0.1, 0.15) is 48.3 Å². The second-order valence-corrected chi connectivity index (χ2v) is 7.55. The highest BCUT2D eigenvalue weighted by molar-refractivity contribution is 7.21. The predicted octanol–water partition coefficient (Wildman–Crippen LogP) is 4.27. The third kappa shape index (κ3) is 3.71. The average Bonchev–Trinajstić information content (AvgIpc) is 3.00. The van der Waals surface area contributed by atoms with Gasteiger partial charge < -0.3 is 9.64 Å². The van der Waals surface area contributed by atoms with Crippen molar-refractivity contribution in [1.82, 2.24) is 4.90 Å². The average molecular weight is 359 g/mol. The first-order valence-electron chi connectivity index (χ1n) is 9.12. The first kappa shape index (κ1) is 17.9. The molecule has 1 amide bonds. The molecule has 25 heavy (non-hydrogen) atoms. The standard InChI is InChI=1S/C20H25NO3S/c1-3-8-16-15-10-5-6-11-17(15)25-18(16)19(22)21-12-7-9-14(13-21)20(23)24-4-2/h5-6,10-11,14H,3-4,7-9,12-13H2,1-2H3. The van der Waals surface area contributed by atoms with E-state index in [2.05, 4.69) is 19.1 Å². The molecule has 0 N–H and O–H groups in total. The molecule has 1 atom stereocenters. The van der Waals surface area contributed by atoms with Crippen molar-refractivity contribution in [3.8, 4) is 0 Å². The Morgan fingerprint density at radius 1 is 1.28 bits per heavy atom. The Labute approximate surface area is 152 Å². The van der Waals surface area contributed by atoms with E-state index in [1.54, 1.807) is 11.3 Å². The molecule has 5 heteroatoms. The van der Waals surface area contributed by atoms with Gasteiger partial charge in [-0.15, -0.1) is 11.3 Å². The van der Waals surface area contributed by atoms with Crippen LogP contribution in [0.2, 0.25) is 0 Å². The number of ether oxygens (including phenoxy) is 1. The molecule has 4 nitrogen and oxygen atoms in total. The van der Waals surface area contributed by atoms with Crippen molar-refractivity contribution >= 4 is 33.3 Å². The zero-order chi connectivity index (χ0) is 17.8. The van der Waals surface area contributed by atoms with Gasteiger partial charge in [-0.2, -0.15) is 0 Å². The van der Waals surface area contributed by atoms with Gasteiger partial charge in [-0.3, -0.25) is 9.59 Å². The number of esters is 1. The summed E-state index contributed by atoms with van der Waals surface area (Å²) < 4.78 is 6.31. The van der Waals surface area contributed by atoms with Crippen LogP contribution in [-0.2, 0) is 16.0 Å². The van der Waals surface area contributed by atoms with Crippen LogP contribution in [0.5, 0.6) is 0 Å². The molecule has 2 heterocycles. The summed E-state index contributed by atoms with van der Waals surface area (Å²) in [5, 5.41) is 1.19. The molecular weight excluding hydrogens is 334 g/mol.